The molecule has 0 radical (unpaired) electrons. The number of thioether (sulfide) groups is 1. The predicted octanol–water partition coefficient (Wildman–Crippen LogP) is 5.08. The SMILES string of the molecule is O=C(CSc1nnc(-c2ccccc2)n1-c1ccc(Br)cc1)NN=Cc1ccccc1F. The summed E-state index contributed by atoms with van der Waals surface area (Å²) in [7, 11) is 0. The van der Waals surface area contributed by atoms with Crippen molar-refractivity contribution in [3.8, 4) is 17.1 Å². The first-order valence-electron chi connectivity index (χ1n) is 9.58. The molecule has 1 heterocycles. The molecule has 4 aromatic rings. The lowest BCUT2D eigenvalue weighted by atomic mass is 10.2. The molecule has 0 saturated carbocycles. The van der Waals surface area contributed by atoms with E-state index in [4.69, 9.17) is 0 Å². The predicted molar refractivity (Wildman–Crippen MR) is 127 cm³/mol. The average Bonchev–Trinajstić information content (AvgIpc) is 3.24. The summed E-state index contributed by atoms with van der Waals surface area (Å²) in [6.45, 7) is 0. The largest absolute Gasteiger partial charge is 0.272 e. The van der Waals surface area contributed by atoms with Gasteiger partial charge in [0.25, 0.3) is 5.91 Å². The molecule has 0 bridgehead atoms. The van der Waals surface area contributed by atoms with Crippen molar-refractivity contribution in [2.45, 2.75) is 5.16 Å². The highest BCUT2D eigenvalue weighted by molar-refractivity contribution is 9.10. The summed E-state index contributed by atoms with van der Waals surface area (Å²) in [4.78, 5) is 12.3. The Balaban J connectivity index is 1.51. The Morgan fingerprint density at radius 1 is 1.03 bits per heavy atom. The molecule has 1 aromatic heterocycles. The minimum atomic E-state index is -0.407. The standard InChI is InChI=1S/C23H17BrFN5OS/c24-18-10-12-19(13-11-18)30-22(16-6-2-1-3-7-16)28-29-23(30)32-15-21(31)27-26-14-17-8-4-5-9-20(17)25/h1-14H,15H2,(H,27,31). The highest BCUT2D eigenvalue weighted by Gasteiger charge is 2.17. The third kappa shape index (κ3) is 5.30. The van der Waals surface area contributed by atoms with E-state index in [1.807, 2.05) is 59.2 Å². The van der Waals surface area contributed by atoms with Gasteiger partial charge in [0.2, 0.25) is 0 Å². The average molecular weight is 510 g/mol. The number of carbonyl (C=O) groups excluding carboxylic acids is 1. The van der Waals surface area contributed by atoms with Crippen LogP contribution in [-0.4, -0.2) is 32.6 Å². The molecule has 0 spiro atoms. The van der Waals surface area contributed by atoms with E-state index < -0.39 is 5.82 Å². The van der Waals surface area contributed by atoms with Crippen molar-refractivity contribution in [2.24, 2.45) is 5.10 Å². The van der Waals surface area contributed by atoms with E-state index in [1.165, 1.54) is 24.0 Å². The van der Waals surface area contributed by atoms with Crippen LogP contribution in [0.3, 0.4) is 0 Å². The zero-order valence-electron chi connectivity index (χ0n) is 16.7. The molecule has 32 heavy (non-hydrogen) atoms. The maximum Gasteiger partial charge on any atom is 0.250 e. The number of benzene rings is 3. The molecule has 0 saturated heterocycles. The molecular formula is C23H17BrFN5OS. The maximum absolute atomic E-state index is 13.6. The van der Waals surface area contributed by atoms with E-state index in [0.29, 0.717) is 16.5 Å². The van der Waals surface area contributed by atoms with Gasteiger partial charge in [0.1, 0.15) is 5.82 Å². The molecule has 160 valence electrons. The summed E-state index contributed by atoms with van der Waals surface area (Å²) in [5.74, 6) is -0.00329. The van der Waals surface area contributed by atoms with Crippen LogP contribution in [0, 0.1) is 5.82 Å². The van der Waals surface area contributed by atoms with Gasteiger partial charge in [-0.2, -0.15) is 5.10 Å². The van der Waals surface area contributed by atoms with E-state index >= 15 is 0 Å². The Bertz CT molecular complexity index is 1240. The van der Waals surface area contributed by atoms with E-state index in [2.05, 4.69) is 36.7 Å². The van der Waals surface area contributed by atoms with Crippen LogP contribution >= 0.6 is 27.7 Å². The van der Waals surface area contributed by atoms with Crippen molar-refractivity contribution in [1.82, 2.24) is 20.2 Å². The Morgan fingerprint density at radius 3 is 2.50 bits per heavy atom. The van der Waals surface area contributed by atoms with Crippen LogP contribution in [0.25, 0.3) is 17.1 Å². The van der Waals surface area contributed by atoms with Gasteiger partial charge in [-0.1, -0.05) is 76.2 Å². The van der Waals surface area contributed by atoms with Crippen molar-refractivity contribution >= 4 is 39.8 Å². The van der Waals surface area contributed by atoms with E-state index in [9.17, 15) is 9.18 Å². The van der Waals surface area contributed by atoms with Gasteiger partial charge in [0.05, 0.1) is 12.0 Å². The van der Waals surface area contributed by atoms with Gasteiger partial charge < -0.3 is 0 Å². The summed E-state index contributed by atoms with van der Waals surface area (Å²) in [5.41, 5.74) is 4.49. The number of halogens is 2. The Hall–Kier alpha value is -3.30. The smallest absolute Gasteiger partial charge is 0.250 e. The van der Waals surface area contributed by atoms with Crippen molar-refractivity contribution in [2.75, 3.05) is 5.75 Å². The number of aromatic nitrogens is 3. The van der Waals surface area contributed by atoms with Gasteiger partial charge in [-0.3, -0.25) is 9.36 Å². The maximum atomic E-state index is 13.6. The number of amides is 1. The first kappa shape index (κ1) is 21.9. The van der Waals surface area contributed by atoms with Gasteiger partial charge in [-0.05, 0) is 30.3 Å². The van der Waals surface area contributed by atoms with Crippen LogP contribution in [0.4, 0.5) is 4.39 Å². The highest BCUT2D eigenvalue weighted by Crippen LogP contribution is 2.28. The Kier molecular flexibility index (Phi) is 7.08. The molecule has 0 aliphatic rings. The molecule has 0 aliphatic carbocycles. The fraction of sp³-hybridized carbons (Fsp3) is 0.0435. The first-order chi connectivity index (χ1) is 15.6. The normalized spacial score (nSPS) is 11.1. The third-order valence-electron chi connectivity index (χ3n) is 4.38. The second-order valence-electron chi connectivity index (χ2n) is 6.59. The zero-order valence-corrected chi connectivity index (χ0v) is 19.1. The number of hydrogen-bond acceptors (Lipinski definition) is 5. The quantitative estimate of drug-likeness (QED) is 0.214. The van der Waals surface area contributed by atoms with Gasteiger partial charge in [0.15, 0.2) is 11.0 Å². The molecule has 4 rings (SSSR count). The van der Waals surface area contributed by atoms with E-state index in [-0.39, 0.29) is 11.7 Å². The molecule has 0 atom stereocenters. The highest BCUT2D eigenvalue weighted by atomic mass is 79.9. The minimum absolute atomic E-state index is 0.0675. The lowest BCUT2D eigenvalue weighted by molar-refractivity contribution is -0.118. The summed E-state index contributed by atoms with van der Waals surface area (Å²) in [6.07, 6.45) is 1.27. The molecule has 6 nitrogen and oxygen atoms in total. The Labute approximate surface area is 196 Å². The van der Waals surface area contributed by atoms with Crippen LogP contribution in [0.1, 0.15) is 5.56 Å². The first-order valence-corrected chi connectivity index (χ1v) is 11.4. The number of carbonyl (C=O) groups is 1. The third-order valence-corrected chi connectivity index (χ3v) is 5.84. The van der Waals surface area contributed by atoms with Crippen LogP contribution in [-0.2, 0) is 4.79 Å². The van der Waals surface area contributed by atoms with Crippen LogP contribution in [0.15, 0.2) is 93.6 Å². The lowest BCUT2D eigenvalue weighted by Crippen LogP contribution is -2.20. The molecule has 0 aliphatic heterocycles. The van der Waals surface area contributed by atoms with Gasteiger partial charge in [-0.25, -0.2) is 9.82 Å². The fourth-order valence-corrected chi connectivity index (χ4v) is 3.89. The number of hydrogen-bond donors (Lipinski definition) is 1. The van der Waals surface area contributed by atoms with Crippen molar-refractivity contribution in [3.63, 3.8) is 0 Å². The van der Waals surface area contributed by atoms with E-state index in [0.717, 1.165) is 15.7 Å². The topological polar surface area (TPSA) is 72.2 Å². The number of rotatable bonds is 7. The molecule has 9 heteroatoms. The van der Waals surface area contributed by atoms with E-state index in [1.54, 1.807) is 18.2 Å². The van der Waals surface area contributed by atoms with Crippen molar-refractivity contribution < 1.29 is 9.18 Å². The minimum Gasteiger partial charge on any atom is -0.272 e. The molecule has 1 amide bonds. The summed E-state index contributed by atoms with van der Waals surface area (Å²) in [5, 5.41) is 13.1. The van der Waals surface area contributed by atoms with Gasteiger partial charge in [0, 0.05) is 21.3 Å². The summed E-state index contributed by atoms with van der Waals surface area (Å²) >= 11 is 4.69. The summed E-state index contributed by atoms with van der Waals surface area (Å²) < 4.78 is 16.5. The number of hydrazone groups is 1. The van der Waals surface area contributed by atoms with Crippen LogP contribution in [0.2, 0.25) is 0 Å². The summed E-state index contributed by atoms with van der Waals surface area (Å²) in [6, 6.07) is 23.7. The monoisotopic (exact) mass is 509 g/mol. The van der Waals surface area contributed by atoms with Gasteiger partial charge in [-0.15, -0.1) is 10.2 Å². The molecule has 1 N–H and O–H groups in total. The van der Waals surface area contributed by atoms with Crippen LogP contribution in [0.5, 0.6) is 0 Å². The molecular weight excluding hydrogens is 493 g/mol. The van der Waals surface area contributed by atoms with Crippen molar-refractivity contribution in [3.05, 3.63) is 94.7 Å². The number of nitrogens with one attached hydrogen (secondary N) is 1. The molecule has 0 unspecified atom stereocenters. The van der Waals surface area contributed by atoms with Crippen molar-refractivity contribution in [1.29, 1.82) is 0 Å². The lowest BCUT2D eigenvalue weighted by Gasteiger charge is -2.10. The second-order valence-corrected chi connectivity index (χ2v) is 8.45. The fourth-order valence-electron chi connectivity index (χ4n) is 2.88. The number of nitrogens with zero attached hydrogens (tertiary/aromatic N) is 4. The molecule has 0 fully saturated rings. The zero-order chi connectivity index (χ0) is 22.3. The van der Waals surface area contributed by atoms with Gasteiger partial charge >= 0.3 is 0 Å². The van der Waals surface area contributed by atoms with Crippen LogP contribution < -0.4 is 5.43 Å². The Morgan fingerprint density at radius 2 is 1.75 bits per heavy atom. The molecule has 3 aromatic carbocycles. The second kappa shape index (κ2) is 10.3.